The van der Waals surface area contributed by atoms with Crippen LogP contribution in [-0.2, 0) is 9.53 Å². The number of carbonyl (C=O) groups is 2. The van der Waals surface area contributed by atoms with E-state index in [0.29, 0.717) is 11.1 Å². The first-order chi connectivity index (χ1) is 8.04. The Morgan fingerprint density at radius 1 is 1.29 bits per heavy atom. The molecule has 17 heavy (non-hydrogen) atoms. The van der Waals surface area contributed by atoms with Gasteiger partial charge in [0.15, 0.2) is 12.4 Å². The molecule has 0 atom stereocenters. The molecule has 1 aromatic carbocycles. The number of hydrogen-bond donors (Lipinski definition) is 0. The van der Waals surface area contributed by atoms with Crippen LogP contribution in [0.1, 0.15) is 29.8 Å². The third-order valence-electron chi connectivity index (χ3n) is 2.24. The molecule has 1 rings (SSSR count). The molecule has 0 aliphatic carbocycles. The van der Waals surface area contributed by atoms with Crippen molar-refractivity contribution in [3.63, 3.8) is 0 Å². The molecule has 0 fully saturated rings. The maximum Gasteiger partial charge on any atom is 0.338 e. The second-order valence-electron chi connectivity index (χ2n) is 3.89. The molecule has 4 nitrogen and oxygen atoms in total. The van der Waals surface area contributed by atoms with E-state index in [1.807, 2.05) is 6.07 Å². The van der Waals surface area contributed by atoms with E-state index in [1.54, 1.807) is 13.8 Å². The standard InChI is InChI=1S/C13H13NO3/c1-9(2)12(15)8-17-13(16)11-5-3-10(7-14)4-6-11/h3-6,9H,8H2,1-2H3. The van der Waals surface area contributed by atoms with Gasteiger partial charge in [0.2, 0.25) is 0 Å². The molecular formula is C13H13NO3. The Hall–Kier alpha value is -2.15. The normalized spacial score (nSPS) is 9.76. The number of ether oxygens (including phenoxy) is 1. The summed E-state index contributed by atoms with van der Waals surface area (Å²) in [7, 11) is 0. The molecule has 0 saturated heterocycles. The number of Topliss-reactive ketones (excluding diaryl/α,β-unsaturated/α-hetero) is 1. The SMILES string of the molecule is CC(C)C(=O)COC(=O)c1ccc(C#N)cc1. The van der Waals surface area contributed by atoms with Gasteiger partial charge >= 0.3 is 5.97 Å². The summed E-state index contributed by atoms with van der Waals surface area (Å²) in [4.78, 5) is 22.8. The number of carbonyl (C=O) groups excluding carboxylic acids is 2. The van der Waals surface area contributed by atoms with Gasteiger partial charge in [-0.05, 0) is 24.3 Å². The van der Waals surface area contributed by atoms with Gasteiger partial charge < -0.3 is 4.74 Å². The summed E-state index contributed by atoms with van der Waals surface area (Å²) >= 11 is 0. The zero-order valence-electron chi connectivity index (χ0n) is 9.77. The lowest BCUT2D eigenvalue weighted by molar-refractivity contribution is -0.125. The third kappa shape index (κ3) is 3.72. The Morgan fingerprint density at radius 2 is 1.88 bits per heavy atom. The van der Waals surface area contributed by atoms with E-state index in [0.717, 1.165) is 0 Å². The fraction of sp³-hybridized carbons (Fsp3) is 0.308. The first kappa shape index (κ1) is 12.9. The van der Waals surface area contributed by atoms with Gasteiger partial charge in [-0.1, -0.05) is 13.8 Å². The average molecular weight is 231 g/mol. The number of hydrogen-bond acceptors (Lipinski definition) is 4. The van der Waals surface area contributed by atoms with Gasteiger partial charge in [-0.15, -0.1) is 0 Å². The predicted molar refractivity (Wildman–Crippen MR) is 61.3 cm³/mol. The van der Waals surface area contributed by atoms with Crippen LogP contribution < -0.4 is 0 Å². The van der Waals surface area contributed by atoms with Gasteiger partial charge in [0, 0.05) is 5.92 Å². The molecule has 0 radical (unpaired) electrons. The molecule has 0 unspecified atom stereocenters. The lowest BCUT2D eigenvalue weighted by atomic mass is 10.1. The number of nitrogens with zero attached hydrogens (tertiary/aromatic N) is 1. The Bertz CT molecular complexity index is 455. The molecule has 0 aliphatic rings. The number of rotatable bonds is 4. The Morgan fingerprint density at radius 3 is 2.35 bits per heavy atom. The molecule has 88 valence electrons. The van der Waals surface area contributed by atoms with Crippen molar-refractivity contribution in [1.29, 1.82) is 5.26 Å². The highest BCUT2D eigenvalue weighted by atomic mass is 16.5. The van der Waals surface area contributed by atoms with Gasteiger partial charge in [-0.25, -0.2) is 4.79 Å². The van der Waals surface area contributed by atoms with Crippen molar-refractivity contribution in [3.8, 4) is 6.07 Å². The molecular weight excluding hydrogens is 218 g/mol. The van der Waals surface area contributed by atoms with Crippen LogP contribution >= 0.6 is 0 Å². The lowest BCUT2D eigenvalue weighted by Gasteiger charge is -2.06. The highest BCUT2D eigenvalue weighted by Gasteiger charge is 2.12. The molecule has 0 heterocycles. The minimum Gasteiger partial charge on any atom is -0.454 e. The highest BCUT2D eigenvalue weighted by molar-refractivity contribution is 5.92. The molecule has 0 aromatic heterocycles. The van der Waals surface area contributed by atoms with Crippen LogP contribution in [0.5, 0.6) is 0 Å². The largest absolute Gasteiger partial charge is 0.454 e. The molecule has 0 aliphatic heterocycles. The predicted octanol–water partition coefficient (Wildman–Crippen LogP) is 1.94. The molecule has 0 bridgehead atoms. The van der Waals surface area contributed by atoms with Crippen molar-refractivity contribution in [2.75, 3.05) is 6.61 Å². The van der Waals surface area contributed by atoms with Crippen LogP contribution in [0.25, 0.3) is 0 Å². The summed E-state index contributed by atoms with van der Waals surface area (Å²) in [6, 6.07) is 8.01. The van der Waals surface area contributed by atoms with Crippen LogP contribution in [0.15, 0.2) is 24.3 Å². The zero-order chi connectivity index (χ0) is 12.8. The fourth-order valence-electron chi connectivity index (χ4n) is 1.07. The van der Waals surface area contributed by atoms with Crippen molar-refractivity contribution >= 4 is 11.8 Å². The summed E-state index contributed by atoms with van der Waals surface area (Å²) in [5, 5.41) is 8.59. The first-order valence-corrected chi connectivity index (χ1v) is 5.24. The highest BCUT2D eigenvalue weighted by Crippen LogP contribution is 2.05. The van der Waals surface area contributed by atoms with Crippen LogP contribution in [0.4, 0.5) is 0 Å². The number of nitriles is 1. The van der Waals surface area contributed by atoms with Gasteiger partial charge in [0.25, 0.3) is 0 Å². The average Bonchev–Trinajstić information content (AvgIpc) is 2.35. The van der Waals surface area contributed by atoms with E-state index >= 15 is 0 Å². The van der Waals surface area contributed by atoms with E-state index in [2.05, 4.69) is 0 Å². The third-order valence-corrected chi connectivity index (χ3v) is 2.24. The van der Waals surface area contributed by atoms with E-state index in [1.165, 1.54) is 24.3 Å². The molecule has 0 spiro atoms. The smallest absolute Gasteiger partial charge is 0.338 e. The van der Waals surface area contributed by atoms with Gasteiger partial charge in [-0.3, -0.25) is 4.79 Å². The minimum absolute atomic E-state index is 0.119. The monoisotopic (exact) mass is 231 g/mol. The Labute approximate surface area is 99.8 Å². The Balaban J connectivity index is 2.59. The molecule has 1 aromatic rings. The molecule has 0 N–H and O–H groups in total. The topological polar surface area (TPSA) is 67.2 Å². The molecule has 4 heteroatoms. The van der Waals surface area contributed by atoms with Gasteiger partial charge in [0.1, 0.15) is 0 Å². The summed E-state index contributed by atoms with van der Waals surface area (Å²) < 4.78 is 4.85. The lowest BCUT2D eigenvalue weighted by Crippen LogP contribution is -2.18. The van der Waals surface area contributed by atoms with Gasteiger partial charge in [-0.2, -0.15) is 5.26 Å². The van der Waals surface area contributed by atoms with Crippen LogP contribution in [-0.4, -0.2) is 18.4 Å². The maximum absolute atomic E-state index is 11.5. The first-order valence-electron chi connectivity index (χ1n) is 5.24. The summed E-state index contributed by atoms with van der Waals surface area (Å²) in [6.07, 6.45) is 0. The molecule has 0 amide bonds. The van der Waals surface area contributed by atoms with Crippen molar-refractivity contribution in [2.45, 2.75) is 13.8 Å². The van der Waals surface area contributed by atoms with Crippen LogP contribution in [0.3, 0.4) is 0 Å². The van der Waals surface area contributed by atoms with Gasteiger partial charge in [0.05, 0.1) is 17.2 Å². The second kappa shape index (κ2) is 5.80. The fourth-order valence-corrected chi connectivity index (χ4v) is 1.07. The summed E-state index contributed by atoms with van der Waals surface area (Å²) in [5.41, 5.74) is 0.806. The van der Waals surface area contributed by atoms with E-state index in [4.69, 9.17) is 10.00 Å². The van der Waals surface area contributed by atoms with Crippen LogP contribution in [0, 0.1) is 17.2 Å². The van der Waals surface area contributed by atoms with E-state index in [9.17, 15) is 9.59 Å². The number of esters is 1. The van der Waals surface area contributed by atoms with Crippen molar-refractivity contribution in [1.82, 2.24) is 0 Å². The van der Waals surface area contributed by atoms with Crippen molar-refractivity contribution in [3.05, 3.63) is 35.4 Å². The quantitative estimate of drug-likeness (QED) is 0.742. The minimum atomic E-state index is -0.552. The van der Waals surface area contributed by atoms with Crippen molar-refractivity contribution < 1.29 is 14.3 Å². The van der Waals surface area contributed by atoms with Crippen molar-refractivity contribution in [2.24, 2.45) is 5.92 Å². The van der Waals surface area contributed by atoms with E-state index < -0.39 is 5.97 Å². The van der Waals surface area contributed by atoms with Crippen LogP contribution in [0.2, 0.25) is 0 Å². The zero-order valence-corrected chi connectivity index (χ0v) is 9.77. The number of benzene rings is 1. The summed E-state index contributed by atoms with van der Waals surface area (Å²) in [6.45, 7) is 3.28. The second-order valence-corrected chi connectivity index (χ2v) is 3.89. The van der Waals surface area contributed by atoms with E-state index in [-0.39, 0.29) is 18.3 Å². The summed E-state index contributed by atoms with van der Waals surface area (Å²) in [5.74, 6) is -0.820. The molecule has 0 saturated carbocycles. The maximum atomic E-state index is 11.5. The number of ketones is 1. The Kier molecular flexibility index (Phi) is 4.41.